The highest BCUT2D eigenvalue weighted by atomic mass is 16.6. The maximum Gasteiger partial charge on any atom is 0.251 e. The molecule has 0 atom stereocenters. The number of amides is 1. The quantitative estimate of drug-likeness (QED) is 0.858. The van der Waals surface area contributed by atoms with E-state index in [4.69, 9.17) is 14.2 Å². The second-order valence-corrected chi connectivity index (χ2v) is 5.66. The first-order chi connectivity index (χ1) is 11.6. The van der Waals surface area contributed by atoms with Crippen molar-refractivity contribution < 1.29 is 19.0 Å². The van der Waals surface area contributed by atoms with Crippen LogP contribution in [0.2, 0.25) is 0 Å². The number of aryl methyl sites for hydroxylation is 1. The lowest BCUT2D eigenvalue weighted by molar-refractivity contribution is 0.0945. The van der Waals surface area contributed by atoms with Gasteiger partial charge in [0.05, 0.1) is 6.54 Å². The van der Waals surface area contributed by atoms with Crippen LogP contribution in [0, 0.1) is 13.8 Å². The summed E-state index contributed by atoms with van der Waals surface area (Å²) in [6.45, 7) is 5.96. The molecule has 1 aliphatic heterocycles. The maximum atomic E-state index is 12.2. The number of hydrogen-bond acceptors (Lipinski definition) is 4. The van der Waals surface area contributed by atoms with E-state index in [1.54, 1.807) is 18.2 Å². The summed E-state index contributed by atoms with van der Waals surface area (Å²) in [5, 5.41) is 2.85. The minimum atomic E-state index is -0.156. The topological polar surface area (TPSA) is 56.8 Å². The van der Waals surface area contributed by atoms with Crippen LogP contribution in [0.1, 0.15) is 21.5 Å². The fraction of sp³-hybridized carbons (Fsp3) is 0.316. The van der Waals surface area contributed by atoms with Crippen LogP contribution in [0.3, 0.4) is 0 Å². The Morgan fingerprint density at radius 3 is 2.75 bits per heavy atom. The Labute approximate surface area is 141 Å². The summed E-state index contributed by atoms with van der Waals surface area (Å²) in [6, 6.07) is 11.1. The Morgan fingerprint density at radius 1 is 1.12 bits per heavy atom. The molecule has 0 aliphatic carbocycles. The number of carbonyl (C=O) groups is 1. The molecule has 0 saturated carbocycles. The van der Waals surface area contributed by atoms with E-state index in [0.29, 0.717) is 43.4 Å². The predicted molar refractivity (Wildman–Crippen MR) is 91.2 cm³/mol. The van der Waals surface area contributed by atoms with Gasteiger partial charge in [0.25, 0.3) is 5.91 Å². The summed E-state index contributed by atoms with van der Waals surface area (Å²) in [5.41, 5.74) is 2.86. The highest BCUT2D eigenvalue weighted by Crippen LogP contribution is 2.30. The molecule has 1 amide bonds. The molecule has 0 spiro atoms. The normalized spacial score (nSPS) is 12.6. The van der Waals surface area contributed by atoms with Crippen molar-refractivity contribution in [2.45, 2.75) is 13.8 Å². The fourth-order valence-corrected chi connectivity index (χ4v) is 2.49. The fourth-order valence-electron chi connectivity index (χ4n) is 2.49. The number of ether oxygens (including phenoxy) is 3. The maximum absolute atomic E-state index is 12.2. The second kappa shape index (κ2) is 7.25. The van der Waals surface area contributed by atoms with Crippen LogP contribution in [0.15, 0.2) is 36.4 Å². The molecule has 0 fully saturated rings. The van der Waals surface area contributed by atoms with Crippen LogP contribution < -0.4 is 19.5 Å². The van der Waals surface area contributed by atoms with E-state index >= 15 is 0 Å². The first-order valence-electron chi connectivity index (χ1n) is 8.02. The van der Waals surface area contributed by atoms with Crippen molar-refractivity contribution in [1.82, 2.24) is 5.32 Å². The molecule has 5 heteroatoms. The van der Waals surface area contributed by atoms with Crippen molar-refractivity contribution in [3.8, 4) is 17.2 Å². The predicted octanol–water partition coefficient (Wildman–Crippen LogP) is 2.88. The summed E-state index contributed by atoms with van der Waals surface area (Å²) in [7, 11) is 0. The Hall–Kier alpha value is -2.69. The Bertz CT molecular complexity index is 742. The van der Waals surface area contributed by atoms with Gasteiger partial charge in [-0.1, -0.05) is 12.1 Å². The Balaban J connectivity index is 1.51. The molecular formula is C19H21NO4. The first-order valence-corrected chi connectivity index (χ1v) is 8.02. The number of rotatable bonds is 5. The lowest BCUT2D eigenvalue weighted by Crippen LogP contribution is -2.28. The van der Waals surface area contributed by atoms with E-state index in [2.05, 4.69) is 5.32 Å². The summed E-state index contributed by atoms with van der Waals surface area (Å²) in [5.74, 6) is 1.98. The first kappa shape index (κ1) is 16.2. The van der Waals surface area contributed by atoms with Crippen LogP contribution in [-0.2, 0) is 0 Å². The molecule has 1 N–H and O–H groups in total. The van der Waals surface area contributed by atoms with Gasteiger partial charge in [-0.25, -0.2) is 0 Å². The molecule has 2 aromatic rings. The van der Waals surface area contributed by atoms with E-state index in [9.17, 15) is 4.79 Å². The largest absolute Gasteiger partial charge is 0.491 e. The zero-order valence-corrected chi connectivity index (χ0v) is 13.9. The van der Waals surface area contributed by atoms with E-state index < -0.39 is 0 Å². The minimum absolute atomic E-state index is 0.156. The number of fused-ring (bicyclic) bond motifs is 1. The highest BCUT2D eigenvalue weighted by Gasteiger charge is 2.14. The van der Waals surface area contributed by atoms with Gasteiger partial charge in [0.2, 0.25) is 0 Å². The van der Waals surface area contributed by atoms with Gasteiger partial charge in [0.15, 0.2) is 11.5 Å². The molecule has 2 aromatic carbocycles. The van der Waals surface area contributed by atoms with Crippen LogP contribution in [0.25, 0.3) is 0 Å². The van der Waals surface area contributed by atoms with Gasteiger partial charge in [-0.2, -0.15) is 0 Å². The van der Waals surface area contributed by atoms with E-state index in [-0.39, 0.29) is 5.91 Å². The molecule has 0 unspecified atom stereocenters. The van der Waals surface area contributed by atoms with Gasteiger partial charge in [0.1, 0.15) is 25.6 Å². The number of carbonyl (C=O) groups excluding carboxylic acids is 1. The van der Waals surface area contributed by atoms with Gasteiger partial charge in [0, 0.05) is 5.56 Å². The van der Waals surface area contributed by atoms with Crippen LogP contribution in [-0.4, -0.2) is 32.3 Å². The molecule has 1 heterocycles. The number of benzene rings is 2. The van der Waals surface area contributed by atoms with Gasteiger partial charge in [-0.05, 0) is 49.2 Å². The zero-order chi connectivity index (χ0) is 16.9. The minimum Gasteiger partial charge on any atom is -0.491 e. The molecule has 126 valence electrons. The summed E-state index contributed by atoms with van der Waals surface area (Å²) < 4.78 is 16.7. The van der Waals surface area contributed by atoms with Crippen LogP contribution >= 0.6 is 0 Å². The SMILES string of the molecule is Cc1cccc(OCCNC(=O)c2ccc3c(c2)OCCO3)c1C. The van der Waals surface area contributed by atoms with E-state index in [0.717, 1.165) is 11.3 Å². The van der Waals surface area contributed by atoms with E-state index in [1.165, 1.54) is 5.56 Å². The average Bonchev–Trinajstić information content (AvgIpc) is 2.61. The van der Waals surface area contributed by atoms with Gasteiger partial charge in [-0.3, -0.25) is 4.79 Å². The number of hydrogen-bond donors (Lipinski definition) is 1. The average molecular weight is 327 g/mol. The lowest BCUT2D eigenvalue weighted by atomic mass is 10.1. The van der Waals surface area contributed by atoms with Gasteiger partial charge < -0.3 is 19.5 Å². The zero-order valence-electron chi connectivity index (χ0n) is 13.9. The van der Waals surface area contributed by atoms with Crippen LogP contribution in [0.4, 0.5) is 0 Å². The molecular weight excluding hydrogens is 306 g/mol. The molecule has 0 radical (unpaired) electrons. The van der Waals surface area contributed by atoms with Gasteiger partial charge >= 0.3 is 0 Å². The lowest BCUT2D eigenvalue weighted by Gasteiger charge is -2.18. The van der Waals surface area contributed by atoms with Crippen molar-refractivity contribution in [1.29, 1.82) is 0 Å². The van der Waals surface area contributed by atoms with Crippen molar-refractivity contribution in [2.24, 2.45) is 0 Å². The Morgan fingerprint density at radius 2 is 1.92 bits per heavy atom. The smallest absolute Gasteiger partial charge is 0.251 e. The number of nitrogens with one attached hydrogen (secondary N) is 1. The molecule has 0 bridgehead atoms. The standard InChI is InChI=1S/C19H21NO4/c1-13-4-3-5-16(14(13)2)22-9-8-20-19(21)15-6-7-17-18(12-15)24-11-10-23-17/h3-7,12H,8-11H2,1-2H3,(H,20,21). The molecule has 0 aromatic heterocycles. The van der Waals surface area contributed by atoms with Crippen molar-refractivity contribution in [3.63, 3.8) is 0 Å². The molecule has 5 nitrogen and oxygen atoms in total. The summed E-state index contributed by atoms with van der Waals surface area (Å²) in [6.07, 6.45) is 0. The highest BCUT2D eigenvalue weighted by molar-refractivity contribution is 5.94. The summed E-state index contributed by atoms with van der Waals surface area (Å²) in [4.78, 5) is 12.2. The van der Waals surface area contributed by atoms with Crippen LogP contribution in [0.5, 0.6) is 17.2 Å². The van der Waals surface area contributed by atoms with Crippen molar-refractivity contribution >= 4 is 5.91 Å². The van der Waals surface area contributed by atoms with Crippen molar-refractivity contribution in [2.75, 3.05) is 26.4 Å². The second-order valence-electron chi connectivity index (χ2n) is 5.66. The molecule has 1 aliphatic rings. The van der Waals surface area contributed by atoms with Gasteiger partial charge in [-0.15, -0.1) is 0 Å². The van der Waals surface area contributed by atoms with E-state index in [1.807, 2.05) is 32.0 Å². The third-order valence-corrected chi connectivity index (χ3v) is 4.00. The molecule has 24 heavy (non-hydrogen) atoms. The third kappa shape index (κ3) is 3.62. The monoisotopic (exact) mass is 327 g/mol. The Kier molecular flexibility index (Phi) is 4.89. The van der Waals surface area contributed by atoms with Crippen molar-refractivity contribution in [3.05, 3.63) is 53.1 Å². The third-order valence-electron chi connectivity index (χ3n) is 4.00. The molecule has 0 saturated heterocycles. The molecule has 3 rings (SSSR count). The summed E-state index contributed by atoms with van der Waals surface area (Å²) >= 11 is 0.